The minimum Gasteiger partial charge on any atom is -0.390 e. The summed E-state index contributed by atoms with van der Waals surface area (Å²) >= 11 is 0. The number of carbonyl (C=O) groups excluding carboxylic acids is 1. The van der Waals surface area contributed by atoms with Crippen LogP contribution in [0.2, 0.25) is 0 Å². The molecule has 9 heteroatoms. The van der Waals surface area contributed by atoms with E-state index in [1.54, 1.807) is 18.4 Å². The average Bonchev–Trinajstić information content (AvgIpc) is 2.16. The minimum absolute atomic E-state index is 0.173. The van der Waals surface area contributed by atoms with Crippen molar-refractivity contribution in [3.63, 3.8) is 0 Å². The summed E-state index contributed by atoms with van der Waals surface area (Å²) in [5.41, 5.74) is 0.810. The first-order valence-corrected chi connectivity index (χ1v) is 6.46. The quantitative estimate of drug-likeness (QED) is 0.514. The molecule has 0 aliphatic carbocycles. The van der Waals surface area contributed by atoms with Crippen LogP contribution in [0.3, 0.4) is 0 Å². The van der Waals surface area contributed by atoms with Crippen molar-refractivity contribution in [3.8, 4) is 0 Å². The number of hydrogen-bond donors (Lipinski definition) is 1. The van der Waals surface area contributed by atoms with E-state index < -0.39 is 13.7 Å². The molecule has 0 radical (unpaired) electrons. The summed E-state index contributed by atoms with van der Waals surface area (Å²) in [5.74, 6) is -0.490. The van der Waals surface area contributed by atoms with E-state index in [0.717, 1.165) is 5.56 Å². The predicted octanol–water partition coefficient (Wildman–Crippen LogP) is 4.25. The molecule has 0 aliphatic heterocycles. The molecular weight excluding hydrogens is 285 g/mol. The van der Waals surface area contributed by atoms with Crippen LogP contribution in [-0.4, -0.2) is 18.0 Å². The number of aliphatic hydroxyl groups excluding tert-OH is 1. The van der Waals surface area contributed by atoms with Crippen molar-refractivity contribution < 1.29 is 35.1 Å². The van der Waals surface area contributed by atoms with Crippen LogP contribution < -0.4 is 0 Å². The van der Waals surface area contributed by atoms with Gasteiger partial charge in [-0.15, -0.1) is 0 Å². The van der Waals surface area contributed by atoms with Gasteiger partial charge < -0.3 is 5.11 Å². The number of rotatable bonds is 3. The summed E-state index contributed by atoms with van der Waals surface area (Å²) in [6, 6.07) is 9.12. The van der Waals surface area contributed by atoms with Gasteiger partial charge in [0, 0.05) is 10.4 Å². The van der Waals surface area contributed by atoms with E-state index in [1.165, 1.54) is 0 Å². The van der Waals surface area contributed by atoms with E-state index >= 15 is 0 Å². The normalized spacial score (nSPS) is 16.4. The van der Waals surface area contributed by atoms with Crippen LogP contribution in [0.15, 0.2) is 30.3 Å². The van der Waals surface area contributed by atoms with Gasteiger partial charge >= 0.3 is 39.3 Å². The molecule has 0 saturated carbocycles. The third-order valence-electron chi connectivity index (χ3n) is 1.53. The Morgan fingerprint density at radius 3 is 1.72 bits per heavy atom. The molecule has 1 atom stereocenters. The van der Waals surface area contributed by atoms with Crippen molar-refractivity contribution in [1.29, 1.82) is 0 Å². The molecule has 2 nitrogen and oxygen atoms in total. The van der Waals surface area contributed by atoms with E-state index in [0.29, 0.717) is 0 Å². The third kappa shape index (κ3) is 12.8. The molecule has 1 aromatic carbocycles. The molecule has 104 valence electrons. The zero-order valence-electron chi connectivity index (χ0n) is 8.74. The molecule has 0 fully saturated rings. The number of hydrogen-bond acceptors (Lipinski definition) is 2. The number of benzene rings is 1. The van der Waals surface area contributed by atoms with Gasteiger partial charge in [0.15, 0.2) is 0 Å². The van der Waals surface area contributed by atoms with Gasteiger partial charge in [0.2, 0.25) is 0 Å². The van der Waals surface area contributed by atoms with E-state index in [9.17, 15) is 30.0 Å². The smallest absolute Gasteiger partial charge is 0.390 e. The van der Waals surface area contributed by atoms with Crippen LogP contribution in [0.5, 0.6) is 0 Å². The van der Waals surface area contributed by atoms with Gasteiger partial charge in [-0.1, -0.05) is 30.3 Å². The van der Waals surface area contributed by atoms with Crippen molar-refractivity contribution in [2.24, 2.45) is 0 Å². The molecule has 0 heterocycles. The van der Waals surface area contributed by atoms with Gasteiger partial charge in [0.25, 0.3) is 5.92 Å². The maximum atomic E-state index is 10.3. The van der Waals surface area contributed by atoms with Crippen molar-refractivity contribution >= 4 is 14.1 Å². The van der Waals surface area contributed by atoms with Gasteiger partial charge in [0.05, 0.1) is 0 Å². The summed E-state index contributed by atoms with van der Waals surface area (Å²) in [5, 5.41) is 8.72. The second kappa shape index (κ2) is 4.80. The Morgan fingerprint density at radius 1 is 1.06 bits per heavy atom. The molecular formula is C9H9F6O2P. The van der Waals surface area contributed by atoms with Crippen molar-refractivity contribution in [1.82, 2.24) is 0 Å². The molecule has 0 saturated heterocycles. The summed E-state index contributed by atoms with van der Waals surface area (Å²) in [4.78, 5) is 10.3. The summed E-state index contributed by atoms with van der Waals surface area (Å²) in [6.07, 6.45) is 1.77. The number of aliphatic hydroxyl groups is 1. The molecule has 0 aromatic heterocycles. The Bertz CT molecular complexity index is 376. The van der Waals surface area contributed by atoms with Crippen LogP contribution in [-0.2, 0) is 4.79 Å². The predicted molar refractivity (Wildman–Crippen MR) is 55.5 cm³/mol. The molecule has 0 amide bonds. The van der Waals surface area contributed by atoms with E-state index in [-0.39, 0.29) is 6.61 Å². The topological polar surface area (TPSA) is 37.3 Å². The number of halogens is 6. The maximum absolute atomic E-state index is 10.7. The molecule has 0 spiro atoms. The molecule has 1 rings (SSSR count). The summed E-state index contributed by atoms with van der Waals surface area (Å²) in [6.45, 7) is -0.173. The van der Waals surface area contributed by atoms with E-state index in [1.807, 2.05) is 18.2 Å². The standard InChI is InChI=1S/C9H9O2.F6P/c10-6-9(7-11)8-4-2-1-3-5-8;1-7(2,3,4,5)6/h1-5,9-10H,6H2;/q+1;-1. The Hall–Kier alpha value is -1.23. The largest absolute Gasteiger partial charge is 0.517 e. The molecule has 1 unspecified atom stereocenters. The van der Waals surface area contributed by atoms with Gasteiger partial charge in [-0.2, -0.15) is 0 Å². The molecule has 0 bridgehead atoms. The average molecular weight is 294 g/mol. The van der Waals surface area contributed by atoms with Gasteiger partial charge in [-0.25, -0.2) is 0 Å². The summed E-state index contributed by atoms with van der Waals surface area (Å²) < 4.78 is 59.2. The first-order valence-electron chi connectivity index (χ1n) is 4.43. The fourth-order valence-corrected chi connectivity index (χ4v) is 0.896. The fraction of sp³-hybridized carbons (Fsp3) is 0.222. The first-order chi connectivity index (χ1) is 7.83. The monoisotopic (exact) mass is 294 g/mol. The zero-order valence-corrected chi connectivity index (χ0v) is 9.64. The Kier molecular flexibility index (Phi) is 4.47. The van der Waals surface area contributed by atoms with Gasteiger partial charge in [-0.05, 0) is 0 Å². The van der Waals surface area contributed by atoms with Crippen molar-refractivity contribution in [2.75, 3.05) is 6.61 Å². The maximum Gasteiger partial charge on any atom is 0.517 e. The van der Waals surface area contributed by atoms with Crippen molar-refractivity contribution in [3.05, 3.63) is 35.9 Å². The molecule has 1 aromatic rings. The molecule has 18 heavy (non-hydrogen) atoms. The van der Waals surface area contributed by atoms with Gasteiger partial charge in [-0.3, -0.25) is 0 Å². The minimum atomic E-state index is -10.7. The van der Waals surface area contributed by atoms with Crippen LogP contribution in [0, 0.1) is 0 Å². The summed E-state index contributed by atoms with van der Waals surface area (Å²) in [7, 11) is -10.7. The van der Waals surface area contributed by atoms with Crippen LogP contribution in [0.25, 0.3) is 0 Å². The first kappa shape index (κ1) is 16.8. The fourth-order valence-electron chi connectivity index (χ4n) is 0.896. The van der Waals surface area contributed by atoms with Crippen LogP contribution in [0.4, 0.5) is 25.2 Å². The van der Waals surface area contributed by atoms with Crippen LogP contribution in [0.1, 0.15) is 11.5 Å². The van der Waals surface area contributed by atoms with Crippen LogP contribution >= 0.6 is 7.81 Å². The second-order valence-electron chi connectivity index (χ2n) is 3.22. The Morgan fingerprint density at radius 2 is 1.44 bits per heavy atom. The van der Waals surface area contributed by atoms with E-state index in [4.69, 9.17) is 5.11 Å². The second-order valence-corrected chi connectivity index (χ2v) is 5.14. The SMILES string of the molecule is F[P-](F)(F)(F)(F)F.O=[C+]C(CO)c1ccccc1. The Balaban J connectivity index is 0.000000360. The zero-order chi connectivity index (χ0) is 14.5. The molecule has 1 N–H and O–H groups in total. The van der Waals surface area contributed by atoms with Crippen molar-refractivity contribution in [2.45, 2.75) is 5.92 Å². The molecule has 0 aliphatic rings. The van der Waals surface area contributed by atoms with Gasteiger partial charge in [0.1, 0.15) is 6.61 Å². The van der Waals surface area contributed by atoms with E-state index in [2.05, 4.69) is 0 Å². The third-order valence-corrected chi connectivity index (χ3v) is 1.53. The Labute approximate surface area is 98.5 Å².